The number of rotatable bonds is 7. The van der Waals surface area contributed by atoms with Gasteiger partial charge in [-0.3, -0.25) is 9.78 Å². The Labute approximate surface area is 227 Å². The van der Waals surface area contributed by atoms with Crippen molar-refractivity contribution in [2.75, 3.05) is 11.9 Å². The van der Waals surface area contributed by atoms with Crippen LogP contribution in [0.4, 0.5) is 10.1 Å². The Balaban J connectivity index is 1.47. The van der Waals surface area contributed by atoms with Crippen LogP contribution in [0.3, 0.4) is 0 Å². The van der Waals surface area contributed by atoms with E-state index in [4.69, 9.17) is 12.2 Å². The molecule has 0 spiro atoms. The van der Waals surface area contributed by atoms with E-state index in [2.05, 4.69) is 38.1 Å². The molecule has 2 atom stereocenters. The normalized spacial score (nSPS) is 16.9. The second-order valence-corrected chi connectivity index (χ2v) is 9.96. The first-order chi connectivity index (χ1) is 18.3. The largest absolute Gasteiger partial charge is 0.352 e. The first-order valence-corrected chi connectivity index (χ1v) is 13.0. The molecule has 1 amide bonds. The zero-order chi connectivity index (χ0) is 26.8. The third-order valence-corrected chi connectivity index (χ3v) is 7.42. The molecule has 0 saturated carbocycles. The number of nitrogens with one attached hydrogen (secondary N) is 2. The van der Waals surface area contributed by atoms with E-state index in [-0.39, 0.29) is 30.2 Å². The number of hydrogen-bond donors (Lipinski definition) is 2. The van der Waals surface area contributed by atoms with E-state index in [1.807, 2.05) is 56.3 Å². The summed E-state index contributed by atoms with van der Waals surface area (Å²) in [4.78, 5) is 19.6. The van der Waals surface area contributed by atoms with Crippen LogP contribution in [0.25, 0.3) is 5.69 Å². The first-order valence-electron chi connectivity index (χ1n) is 12.6. The van der Waals surface area contributed by atoms with E-state index < -0.39 is 0 Å². The Kier molecular flexibility index (Phi) is 7.24. The van der Waals surface area contributed by atoms with Crippen molar-refractivity contribution in [3.05, 3.63) is 113 Å². The van der Waals surface area contributed by atoms with Gasteiger partial charge in [-0.05, 0) is 92.6 Å². The fourth-order valence-corrected chi connectivity index (χ4v) is 5.54. The number of aryl methyl sites for hydroxylation is 2. The molecule has 194 valence electrons. The van der Waals surface area contributed by atoms with Crippen molar-refractivity contribution < 1.29 is 9.18 Å². The van der Waals surface area contributed by atoms with Gasteiger partial charge in [0, 0.05) is 41.9 Å². The number of benzene rings is 2. The molecular formula is C30H30FN5OS. The van der Waals surface area contributed by atoms with E-state index in [0.717, 1.165) is 39.6 Å². The van der Waals surface area contributed by atoms with Crippen molar-refractivity contribution in [2.45, 2.75) is 39.3 Å². The summed E-state index contributed by atoms with van der Waals surface area (Å²) in [6.45, 7) is 6.51. The van der Waals surface area contributed by atoms with Crippen molar-refractivity contribution in [1.29, 1.82) is 0 Å². The lowest BCUT2D eigenvalue weighted by Crippen LogP contribution is -2.33. The van der Waals surface area contributed by atoms with E-state index in [1.54, 1.807) is 18.3 Å². The van der Waals surface area contributed by atoms with Crippen molar-refractivity contribution in [3.63, 3.8) is 0 Å². The highest BCUT2D eigenvalue weighted by molar-refractivity contribution is 7.80. The van der Waals surface area contributed by atoms with Crippen molar-refractivity contribution in [1.82, 2.24) is 19.8 Å². The van der Waals surface area contributed by atoms with Gasteiger partial charge in [-0.15, -0.1) is 0 Å². The third kappa shape index (κ3) is 5.04. The number of carbonyl (C=O) groups excluding carboxylic acids is 1. The molecule has 5 rings (SSSR count). The molecule has 38 heavy (non-hydrogen) atoms. The maximum absolute atomic E-state index is 13.6. The van der Waals surface area contributed by atoms with Gasteiger partial charge in [0.05, 0.1) is 17.8 Å². The van der Waals surface area contributed by atoms with Crippen molar-refractivity contribution >= 4 is 28.9 Å². The van der Waals surface area contributed by atoms with E-state index in [0.29, 0.717) is 11.7 Å². The molecular weight excluding hydrogens is 497 g/mol. The second-order valence-electron chi connectivity index (χ2n) is 9.57. The van der Waals surface area contributed by atoms with Crippen LogP contribution in [-0.2, 0) is 4.79 Å². The van der Waals surface area contributed by atoms with Crippen LogP contribution in [0.2, 0.25) is 0 Å². The Morgan fingerprint density at radius 1 is 1.05 bits per heavy atom. The van der Waals surface area contributed by atoms with Gasteiger partial charge in [-0.2, -0.15) is 0 Å². The Hall–Kier alpha value is -4.04. The number of aromatic nitrogens is 2. The smallest absolute Gasteiger partial charge is 0.226 e. The molecule has 3 heterocycles. The van der Waals surface area contributed by atoms with Crippen molar-refractivity contribution in [2.24, 2.45) is 0 Å². The van der Waals surface area contributed by atoms with E-state index in [1.165, 1.54) is 12.1 Å². The van der Waals surface area contributed by atoms with Gasteiger partial charge in [-0.25, -0.2) is 4.39 Å². The number of para-hydroxylation sites is 1. The quantitative estimate of drug-likeness (QED) is 0.292. The summed E-state index contributed by atoms with van der Waals surface area (Å²) in [6, 6.07) is 21.8. The first kappa shape index (κ1) is 25.6. The number of thiocarbonyl (C=S) groups is 1. The molecule has 4 aromatic rings. The molecule has 2 aromatic carbocycles. The lowest BCUT2D eigenvalue weighted by molar-refractivity contribution is -0.116. The molecule has 1 aliphatic rings. The summed E-state index contributed by atoms with van der Waals surface area (Å²) in [5.41, 5.74) is 6.72. The zero-order valence-corrected chi connectivity index (χ0v) is 22.4. The summed E-state index contributed by atoms with van der Waals surface area (Å²) in [5.74, 6) is -0.342. The summed E-state index contributed by atoms with van der Waals surface area (Å²) in [6.07, 6.45) is 2.05. The number of amides is 1. The lowest BCUT2D eigenvalue weighted by Gasteiger charge is -2.28. The molecule has 6 nitrogen and oxygen atoms in total. The minimum absolute atomic E-state index is 0.0704. The molecule has 2 N–H and O–H groups in total. The average Bonchev–Trinajstić information content (AvgIpc) is 3.39. The van der Waals surface area contributed by atoms with Gasteiger partial charge in [0.15, 0.2) is 5.11 Å². The van der Waals surface area contributed by atoms with Gasteiger partial charge >= 0.3 is 0 Å². The van der Waals surface area contributed by atoms with Crippen LogP contribution in [0.15, 0.2) is 79.0 Å². The second kappa shape index (κ2) is 10.8. The monoisotopic (exact) mass is 527 g/mol. The maximum Gasteiger partial charge on any atom is 0.226 e. The molecule has 0 radical (unpaired) electrons. The molecule has 0 aliphatic carbocycles. The highest BCUT2D eigenvalue weighted by Crippen LogP contribution is 2.41. The number of carbonyl (C=O) groups is 1. The van der Waals surface area contributed by atoms with Gasteiger partial charge in [0.25, 0.3) is 0 Å². The number of nitrogens with zero attached hydrogens (tertiary/aromatic N) is 3. The number of hydrogen-bond acceptors (Lipinski definition) is 3. The van der Waals surface area contributed by atoms with Crippen LogP contribution in [-0.4, -0.2) is 32.0 Å². The Morgan fingerprint density at radius 3 is 2.50 bits per heavy atom. The molecule has 0 unspecified atom stereocenters. The molecule has 1 saturated heterocycles. The highest BCUT2D eigenvalue weighted by atomic mass is 32.1. The van der Waals surface area contributed by atoms with E-state index >= 15 is 0 Å². The zero-order valence-electron chi connectivity index (χ0n) is 21.6. The average molecular weight is 528 g/mol. The topological polar surface area (TPSA) is 62.2 Å². The summed E-state index contributed by atoms with van der Waals surface area (Å²) in [5, 5.41) is 7.06. The van der Waals surface area contributed by atoms with Crippen LogP contribution in [0, 0.1) is 26.6 Å². The SMILES string of the molecule is Cc1ccccc1NC(=O)CCN1C(=S)N[C@H](c2ccccn2)[C@H]1c1cc(C)n(-c2ccc(F)cc2)c1C. The van der Waals surface area contributed by atoms with Crippen molar-refractivity contribution in [3.8, 4) is 5.69 Å². The van der Waals surface area contributed by atoms with Crippen LogP contribution in [0.5, 0.6) is 0 Å². The lowest BCUT2D eigenvalue weighted by atomic mass is 9.96. The predicted octanol–water partition coefficient (Wildman–Crippen LogP) is 5.94. The van der Waals surface area contributed by atoms with Gasteiger partial charge in [0.1, 0.15) is 5.82 Å². The van der Waals surface area contributed by atoms with Crippen LogP contribution in [0.1, 0.15) is 46.7 Å². The fourth-order valence-electron chi connectivity index (χ4n) is 5.21. The molecule has 0 bridgehead atoms. The molecule has 2 aromatic heterocycles. The highest BCUT2D eigenvalue weighted by Gasteiger charge is 2.41. The maximum atomic E-state index is 13.6. The van der Waals surface area contributed by atoms with Crippen LogP contribution >= 0.6 is 12.2 Å². The predicted molar refractivity (Wildman–Crippen MR) is 152 cm³/mol. The Bertz CT molecular complexity index is 1470. The van der Waals surface area contributed by atoms with Gasteiger partial charge < -0.3 is 20.1 Å². The molecule has 1 fully saturated rings. The molecule has 8 heteroatoms. The van der Waals surface area contributed by atoms with E-state index in [9.17, 15) is 9.18 Å². The van der Waals surface area contributed by atoms with Crippen LogP contribution < -0.4 is 10.6 Å². The standard InChI is InChI=1S/C30H30FN5OS/c1-19-8-4-5-9-25(19)33-27(37)15-17-35-29(28(34-30(35)38)26-10-6-7-16-32-26)24-18-20(2)36(21(24)3)23-13-11-22(31)12-14-23/h4-14,16,18,28-29H,15,17H2,1-3H3,(H,33,37)(H,34,38)/t28-,29-/m1/s1. The minimum Gasteiger partial charge on any atom is -0.352 e. The third-order valence-electron chi connectivity index (χ3n) is 7.07. The summed E-state index contributed by atoms with van der Waals surface area (Å²) in [7, 11) is 0. The molecule has 1 aliphatic heterocycles. The van der Waals surface area contributed by atoms with Gasteiger partial charge in [-0.1, -0.05) is 24.3 Å². The fraction of sp³-hybridized carbons (Fsp3) is 0.233. The summed E-state index contributed by atoms with van der Waals surface area (Å²) < 4.78 is 15.7. The number of anilines is 1. The van der Waals surface area contributed by atoms with Gasteiger partial charge in [0.2, 0.25) is 5.91 Å². The Morgan fingerprint density at radius 2 is 1.79 bits per heavy atom. The minimum atomic E-state index is -0.271. The number of halogens is 1. The summed E-state index contributed by atoms with van der Waals surface area (Å²) >= 11 is 5.79. The number of pyridine rings is 1.